The number of allylic oxidation sites excluding steroid dienone is 33. The summed E-state index contributed by atoms with van der Waals surface area (Å²) in [6.07, 6.45) is 60.7. The van der Waals surface area contributed by atoms with Crippen molar-refractivity contribution in [3.63, 3.8) is 0 Å². The molecule has 1 aromatic rings. The van der Waals surface area contributed by atoms with Gasteiger partial charge in [0.2, 0.25) is 0 Å². The maximum atomic E-state index is 4.84. The highest BCUT2D eigenvalue weighted by Crippen LogP contribution is 2.36. The van der Waals surface area contributed by atoms with E-state index in [1.165, 1.54) is 44.6 Å². The predicted molar refractivity (Wildman–Crippen MR) is 317 cm³/mol. The SMILES string of the molecule is C=C/C1=C(\C=C/C)C(=C)n2c(C=C)c(\C=C3/C\C(C)=C(\C=C/C=C\C)C(/C=C\C=C/C)=C\C(C)=C3\C=C/C)/c(c2=C)=C/C=C\CCCC(C)/C=C\C=C(/C)C/C=C\C(CCC)=C/C(=C)N(C(=C)C)C1=C. The van der Waals surface area contributed by atoms with Crippen molar-refractivity contribution >= 4 is 30.5 Å². The van der Waals surface area contributed by atoms with Crippen LogP contribution >= 0.6 is 0 Å². The van der Waals surface area contributed by atoms with Gasteiger partial charge in [-0.05, 0) is 151 Å². The van der Waals surface area contributed by atoms with Gasteiger partial charge in [-0.3, -0.25) is 0 Å². The summed E-state index contributed by atoms with van der Waals surface area (Å²) in [4.78, 5) is 2.02. The highest BCUT2D eigenvalue weighted by molar-refractivity contribution is 5.79. The van der Waals surface area contributed by atoms with Gasteiger partial charge < -0.3 is 9.47 Å². The Morgan fingerprint density at radius 2 is 1.44 bits per heavy atom. The smallest absolute Gasteiger partial charge is 0.0535 e. The molecule has 0 amide bonds. The maximum Gasteiger partial charge on any atom is 0.0535 e. The van der Waals surface area contributed by atoms with E-state index in [2.05, 4.69) is 206 Å². The Kier molecular flexibility index (Phi) is 24.5. The first-order valence-electron chi connectivity index (χ1n) is 25.2. The van der Waals surface area contributed by atoms with Crippen LogP contribution in [0.3, 0.4) is 0 Å². The Bertz CT molecular complexity index is 2770. The first-order valence-corrected chi connectivity index (χ1v) is 25.2. The number of rotatable bonds is 12. The number of aromatic nitrogens is 1. The molecule has 366 valence electrons. The fourth-order valence-corrected chi connectivity index (χ4v) is 8.85. The number of hydrogen-bond donors (Lipinski definition) is 0. The van der Waals surface area contributed by atoms with Crippen LogP contribution < -0.4 is 10.6 Å². The molecule has 0 N–H and O–H groups in total. The number of nitrogens with zero attached hydrogens (tertiary/aromatic N) is 2. The predicted octanol–water partition coefficient (Wildman–Crippen LogP) is 18.5. The molecule has 2 nitrogen and oxygen atoms in total. The largest absolute Gasteiger partial charge is 0.316 e. The molecule has 0 fully saturated rings. The minimum Gasteiger partial charge on any atom is -0.316 e. The molecule has 1 atom stereocenters. The quantitative estimate of drug-likeness (QED) is 0.190. The van der Waals surface area contributed by atoms with Gasteiger partial charge in [-0.25, -0.2) is 0 Å². The molecule has 2 aliphatic rings. The second kappa shape index (κ2) is 29.9. The van der Waals surface area contributed by atoms with Gasteiger partial charge in [0.15, 0.2) is 0 Å². The highest BCUT2D eigenvalue weighted by atomic mass is 15.2. The lowest BCUT2D eigenvalue weighted by atomic mass is 9.85. The molecule has 1 aliphatic carbocycles. The molecule has 2 heterocycles. The Morgan fingerprint density at radius 3 is 2.07 bits per heavy atom. The van der Waals surface area contributed by atoms with Crippen LogP contribution in [0.15, 0.2) is 246 Å². The first kappa shape index (κ1) is 57.4. The molecule has 0 saturated carbocycles. The molecule has 0 spiro atoms. The monoisotopic (exact) mass is 929 g/mol. The summed E-state index contributed by atoms with van der Waals surface area (Å²) in [7, 11) is 0. The summed E-state index contributed by atoms with van der Waals surface area (Å²) in [5.41, 5.74) is 16.2. The van der Waals surface area contributed by atoms with Crippen LogP contribution in [0.25, 0.3) is 30.5 Å². The average Bonchev–Trinajstić information content (AvgIpc) is 3.57. The van der Waals surface area contributed by atoms with Gasteiger partial charge >= 0.3 is 0 Å². The molecule has 1 aromatic heterocycles. The van der Waals surface area contributed by atoms with Crippen LogP contribution in [-0.2, 0) is 0 Å². The Morgan fingerprint density at radius 1 is 0.757 bits per heavy atom. The van der Waals surface area contributed by atoms with E-state index in [0.29, 0.717) is 11.6 Å². The van der Waals surface area contributed by atoms with Gasteiger partial charge in [0, 0.05) is 50.1 Å². The summed E-state index contributed by atoms with van der Waals surface area (Å²) in [6.45, 7) is 53.5. The van der Waals surface area contributed by atoms with Crippen molar-refractivity contribution in [3.05, 3.63) is 268 Å². The maximum absolute atomic E-state index is 4.84. The van der Waals surface area contributed by atoms with Crippen molar-refractivity contribution < 1.29 is 0 Å². The Labute approximate surface area is 425 Å². The zero-order valence-corrected chi connectivity index (χ0v) is 44.8. The molecule has 2 bridgehead atoms. The molecular weight excluding hydrogens is 845 g/mol. The van der Waals surface area contributed by atoms with Crippen molar-refractivity contribution in [1.82, 2.24) is 9.47 Å². The minimum atomic E-state index is 0.473. The van der Waals surface area contributed by atoms with Crippen LogP contribution in [-0.4, -0.2) is 9.47 Å². The Hall–Kier alpha value is -6.90. The van der Waals surface area contributed by atoms with E-state index in [9.17, 15) is 0 Å². The van der Waals surface area contributed by atoms with Crippen LogP contribution in [0.1, 0.15) is 125 Å². The fraction of sp³-hybridized carbons (Fsp3) is 0.265. The second-order valence-electron chi connectivity index (χ2n) is 18.2. The van der Waals surface area contributed by atoms with Gasteiger partial charge in [0.25, 0.3) is 0 Å². The Balaban J connectivity index is 2.59. The molecule has 0 aromatic carbocycles. The minimum absolute atomic E-state index is 0.473. The zero-order chi connectivity index (χ0) is 51.8. The van der Waals surface area contributed by atoms with Crippen molar-refractivity contribution in [1.29, 1.82) is 0 Å². The van der Waals surface area contributed by atoms with Gasteiger partial charge in [0.1, 0.15) is 0 Å². The fourth-order valence-electron chi connectivity index (χ4n) is 8.85. The van der Waals surface area contributed by atoms with Crippen molar-refractivity contribution in [3.8, 4) is 0 Å². The van der Waals surface area contributed by atoms with Crippen molar-refractivity contribution in [2.24, 2.45) is 5.92 Å². The molecule has 70 heavy (non-hydrogen) atoms. The third-order valence-electron chi connectivity index (χ3n) is 12.3. The van der Waals surface area contributed by atoms with Crippen molar-refractivity contribution in [2.45, 2.75) is 114 Å². The van der Waals surface area contributed by atoms with E-state index in [0.717, 1.165) is 95.0 Å². The molecule has 0 saturated heterocycles. The molecule has 2 heteroatoms. The van der Waals surface area contributed by atoms with Gasteiger partial charge in [-0.1, -0.05) is 211 Å². The van der Waals surface area contributed by atoms with E-state index in [1.54, 1.807) is 0 Å². The van der Waals surface area contributed by atoms with E-state index in [1.807, 2.05) is 50.8 Å². The van der Waals surface area contributed by atoms with E-state index in [4.69, 9.17) is 19.7 Å². The third-order valence-corrected chi connectivity index (χ3v) is 12.3. The lowest BCUT2D eigenvalue weighted by molar-refractivity contribution is 0.561. The van der Waals surface area contributed by atoms with E-state index in [-0.39, 0.29) is 0 Å². The van der Waals surface area contributed by atoms with Crippen LogP contribution in [0.4, 0.5) is 0 Å². The molecule has 1 unspecified atom stereocenters. The van der Waals surface area contributed by atoms with Crippen molar-refractivity contribution in [2.75, 3.05) is 0 Å². The molecule has 1 aliphatic heterocycles. The summed E-state index contributed by atoms with van der Waals surface area (Å²) in [5, 5.41) is 1.80. The summed E-state index contributed by atoms with van der Waals surface area (Å²) in [5.74, 6) is 0.473. The van der Waals surface area contributed by atoms with Gasteiger partial charge in [-0.2, -0.15) is 0 Å². The van der Waals surface area contributed by atoms with Gasteiger partial charge in [0.05, 0.1) is 5.69 Å². The zero-order valence-electron chi connectivity index (χ0n) is 44.8. The highest BCUT2D eigenvalue weighted by Gasteiger charge is 2.22. The van der Waals surface area contributed by atoms with Crippen LogP contribution in [0, 0.1) is 5.92 Å². The lowest BCUT2D eigenvalue weighted by Crippen LogP contribution is -2.28. The number of hydrogen-bond acceptors (Lipinski definition) is 1. The standard InChI is InChI=1S/C68H84N2/c1-18-25-29-43-60-46-53(12)63(36-21-4)61(47-54(13)64(60)44-30-26-19-2)49-67-66-45-32-28-27-31-38-51(10)39-33-40-52(11)41-34-42-59(35-20-3)48-55(14)69(50(8)9)56(15)62(23-6)65(37-22-5)57(16)70(58(66)17)68(67)24-7/h18-19,21-26,28-30,32-34,36-37,39-40,42-46,48-49,51H,6-8,14-17,20,27,31,35,38,41,47H2,1-5,9-13H3/b25-18-,26-19-,32-28-,36-21-,37-22-,39-33-,42-34-,43-29-,44-30-,52-40+,59-48-,60-46-,61-49+,63-53-,64-54-,65-62-,66-45+. The van der Waals surface area contributed by atoms with E-state index < -0.39 is 0 Å². The summed E-state index contributed by atoms with van der Waals surface area (Å²) < 4.78 is 2.15. The molecular formula is C68H84N2. The third kappa shape index (κ3) is 16.1. The summed E-state index contributed by atoms with van der Waals surface area (Å²) >= 11 is 0. The average molecular weight is 929 g/mol. The van der Waals surface area contributed by atoms with E-state index >= 15 is 0 Å². The molecule has 0 radical (unpaired) electrons. The molecule has 3 rings (SSSR count). The summed E-state index contributed by atoms with van der Waals surface area (Å²) in [6, 6.07) is 0. The normalized spacial score (nSPS) is 26.1. The topological polar surface area (TPSA) is 8.17 Å². The van der Waals surface area contributed by atoms with Gasteiger partial charge in [-0.15, -0.1) is 0 Å². The number of fused-ring (bicyclic) bond motifs is 2. The first-order chi connectivity index (χ1) is 33.6. The van der Waals surface area contributed by atoms with Crippen LogP contribution in [0.2, 0.25) is 0 Å². The van der Waals surface area contributed by atoms with Crippen LogP contribution in [0.5, 0.6) is 0 Å². The lowest BCUT2D eigenvalue weighted by Gasteiger charge is -2.30. The second-order valence-corrected chi connectivity index (χ2v) is 18.2.